The third-order valence-electron chi connectivity index (χ3n) is 3.79. The van der Waals surface area contributed by atoms with Crippen LogP contribution in [0.3, 0.4) is 0 Å². The van der Waals surface area contributed by atoms with E-state index < -0.39 is 10.0 Å². The molecule has 0 bridgehead atoms. The van der Waals surface area contributed by atoms with Crippen molar-refractivity contribution in [3.8, 4) is 0 Å². The smallest absolute Gasteiger partial charge is 0.262 e. The van der Waals surface area contributed by atoms with E-state index in [0.29, 0.717) is 32.0 Å². The standard InChI is InChI=1S/C12H18N6O2S2/c1-10-14-12(8-16(10)2)22(19,20)18-5-3-17(4-6-18)7-11-15-13-9-21-11/h8-9H,3-7H2,1-2H3. The van der Waals surface area contributed by atoms with Crippen molar-refractivity contribution >= 4 is 21.4 Å². The van der Waals surface area contributed by atoms with Crippen LogP contribution in [-0.2, 0) is 23.6 Å². The zero-order chi connectivity index (χ0) is 15.7. The van der Waals surface area contributed by atoms with Crippen molar-refractivity contribution in [3.63, 3.8) is 0 Å². The highest BCUT2D eigenvalue weighted by molar-refractivity contribution is 7.89. The lowest BCUT2D eigenvalue weighted by Gasteiger charge is -2.32. The molecule has 0 N–H and O–H groups in total. The second kappa shape index (κ2) is 6.03. The van der Waals surface area contributed by atoms with Crippen LogP contribution in [0.5, 0.6) is 0 Å². The van der Waals surface area contributed by atoms with Gasteiger partial charge < -0.3 is 4.57 Å². The van der Waals surface area contributed by atoms with Gasteiger partial charge in [0.2, 0.25) is 0 Å². The van der Waals surface area contributed by atoms with Crippen LogP contribution in [-0.4, -0.2) is 63.6 Å². The summed E-state index contributed by atoms with van der Waals surface area (Å²) in [5, 5.41) is 8.92. The molecule has 0 spiro atoms. The fourth-order valence-corrected chi connectivity index (χ4v) is 4.38. The molecule has 1 fully saturated rings. The maximum Gasteiger partial charge on any atom is 0.262 e. The van der Waals surface area contributed by atoms with Crippen molar-refractivity contribution in [2.45, 2.75) is 18.5 Å². The van der Waals surface area contributed by atoms with E-state index in [1.165, 1.54) is 15.6 Å². The topological polar surface area (TPSA) is 84.2 Å². The molecule has 10 heteroatoms. The summed E-state index contributed by atoms with van der Waals surface area (Å²) in [4.78, 5) is 6.33. The Morgan fingerprint density at radius 2 is 2.00 bits per heavy atom. The van der Waals surface area contributed by atoms with Crippen LogP contribution in [0.1, 0.15) is 10.8 Å². The van der Waals surface area contributed by atoms with Crippen LogP contribution in [0.25, 0.3) is 0 Å². The Kier molecular flexibility index (Phi) is 4.26. The molecule has 0 radical (unpaired) electrons. The van der Waals surface area contributed by atoms with Gasteiger partial charge in [-0.3, -0.25) is 4.90 Å². The van der Waals surface area contributed by atoms with Gasteiger partial charge in [0.05, 0.1) is 6.54 Å². The summed E-state index contributed by atoms with van der Waals surface area (Å²) in [5.41, 5.74) is 1.71. The second-order valence-corrected chi connectivity index (χ2v) is 8.05. The van der Waals surface area contributed by atoms with Crippen molar-refractivity contribution in [2.75, 3.05) is 26.2 Å². The molecule has 1 saturated heterocycles. The van der Waals surface area contributed by atoms with Gasteiger partial charge in [0.25, 0.3) is 10.0 Å². The maximum absolute atomic E-state index is 12.6. The van der Waals surface area contributed by atoms with Gasteiger partial charge in [0.1, 0.15) is 16.3 Å². The van der Waals surface area contributed by atoms with Crippen molar-refractivity contribution in [1.82, 2.24) is 29.0 Å². The van der Waals surface area contributed by atoms with Crippen LogP contribution < -0.4 is 0 Å². The summed E-state index contributed by atoms with van der Waals surface area (Å²) in [6, 6.07) is 0. The van der Waals surface area contributed by atoms with Gasteiger partial charge in [0, 0.05) is 39.4 Å². The van der Waals surface area contributed by atoms with E-state index in [0.717, 1.165) is 11.6 Å². The van der Waals surface area contributed by atoms with Crippen molar-refractivity contribution in [2.24, 2.45) is 7.05 Å². The number of imidazole rings is 1. The number of aryl methyl sites for hydroxylation is 2. The lowest BCUT2D eigenvalue weighted by Crippen LogP contribution is -2.48. The van der Waals surface area contributed by atoms with E-state index in [1.54, 1.807) is 30.2 Å². The number of nitrogens with zero attached hydrogens (tertiary/aromatic N) is 6. The molecule has 22 heavy (non-hydrogen) atoms. The molecule has 1 aliphatic heterocycles. The first-order chi connectivity index (χ1) is 10.5. The lowest BCUT2D eigenvalue weighted by atomic mass is 10.3. The molecule has 0 atom stereocenters. The molecule has 0 aliphatic carbocycles. The quantitative estimate of drug-likeness (QED) is 0.783. The molecular formula is C12H18N6O2S2. The molecule has 8 nitrogen and oxygen atoms in total. The normalized spacial score (nSPS) is 17.9. The summed E-state index contributed by atoms with van der Waals surface area (Å²) in [6.07, 6.45) is 1.57. The van der Waals surface area contributed by atoms with Gasteiger partial charge in [-0.1, -0.05) is 0 Å². The molecule has 0 unspecified atom stereocenters. The van der Waals surface area contributed by atoms with E-state index in [4.69, 9.17) is 0 Å². The third kappa shape index (κ3) is 3.05. The monoisotopic (exact) mass is 342 g/mol. The summed E-state index contributed by atoms with van der Waals surface area (Å²) >= 11 is 1.52. The maximum atomic E-state index is 12.6. The third-order valence-corrected chi connectivity index (χ3v) is 6.24. The van der Waals surface area contributed by atoms with E-state index in [-0.39, 0.29) is 5.03 Å². The minimum Gasteiger partial charge on any atom is -0.337 e. The molecule has 0 amide bonds. The van der Waals surface area contributed by atoms with Crippen molar-refractivity contribution in [1.29, 1.82) is 0 Å². The van der Waals surface area contributed by atoms with Crippen molar-refractivity contribution in [3.05, 3.63) is 22.5 Å². The SMILES string of the molecule is Cc1nc(S(=O)(=O)N2CCN(Cc3nncs3)CC2)cn1C. The molecule has 120 valence electrons. The summed E-state index contributed by atoms with van der Waals surface area (Å²) in [6.45, 7) is 4.82. The van der Waals surface area contributed by atoms with E-state index in [9.17, 15) is 8.42 Å². The predicted octanol–water partition coefficient (Wildman–Crippen LogP) is 0.0865. The average Bonchev–Trinajstić information content (AvgIpc) is 3.11. The highest BCUT2D eigenvalue weighted by Gasteiger charge is 2.30. The molecule has 3 heterocycles. The minimum atomic E-state index is -3.50. The van der Waals surface area contributed by atoms with Crippen LogP contribution in [0, 0.1) is 6.92 Å². The predicted molar refractivity (Wildman–Crippen MR) is 81.9 cm³/mol. The Morgan fingerprint density at radius 3 is 2.55 bits per heavy atom. The van der Waals surface area contributed by atoms with E-state index >= 15 is 0 Å². The van der Waals surface area contributed by atoms with Gasteiger partial charge in [0.15, 0.2) is 5.03 Å². The van der Waals surface area contributed by atoms with Gasteiger partial charge in [-0.25, -0.2) is 13.4 Å². The fraction of sp³-hybridized carbons (Fsp3) is 0.583. The zero-order valence-electron chi connectivity index (χ0n) is 12.5. The summed E-state index contributed by atoms with van der Waals surface area (Å²) in [7, 11) is -1.71. The Bertz CT molecular complexity index is 712. The highest BCUT2D eigenvalue weighted by atomic mass is 32.2. The average molecular weight is 342 g/mol. The molecule has 3 rings (SSSR count). The number of hydrogen-bond donors (Lipinski definition) is 0. The number of aromatic nitrogens is 4. The molecule has 0 aromatic carbocycles. The number of sulfonamides is 1. The zero-order valence-corrected chi connectivity index (χ0v) is 14.1. The minimum absolute atomic E-state index is 0.130. The van der Waals surface area contributed by atoms with Gasteiger partial charge in [-0.05, 0) is 6.92 Å². The molecule has 1 aliphatic rings. The van der Waals surface area contributed by atoms with Gasteiger partial charge in [-0.15, -0.1) is 21.5 Å². The van der Waals surface area contributed by atoms with E-state index in [2.05, 4.69) is 20.1 Å². The Morgan fingerprint density at radius 1 is 1.27 bits per heavy atom. The molecule has 2 aromatic rings. The number of piperazine rings is 1. The van der Waals surface area contributed by atoms with Crippen LogP contribution >= 0.6 is 11.3 Å². The molecular weight excluding hydrogens is 324 g/mol. The summed E-state index contributed by atoms with van der Waals surface area (Å²) in [5.74, 6) is 0.688. The first-order valence-corrected chi connectivity index (χ1v) is 9.26. The van der Waals surface area contributed by atoms with Crippen LogP contribution in [0.4, 0.5) is 0 Å². The Balaban J connectivity index is 1.65. The van der Waals surface area contributed by atoms with E-state index in [1.807, 2.05) is 0 Å². The van der Waals surface area contributed by atoms with Crippen LogP contribution in [0.15, 0.2) is 16.7 Å². The van der Waals surface area contributed by atoms with Crippen LogP contribution in [0.2, 0.25) is 0 Å². The largest absolute Gasteiger partial charge is 0.337 e. The first kappa shape index (κ1) is 15.5. The fourth-order valence-electron chi connectivity index (χ4n) is 2.37. The Hall–Kier alpha value is -1.36. The van der Waals surface area contributed by atoms with Crippen molar-refractivity contribution < 1.29 is 8.42 Å². The highest BCUT2D eigenvalue weighted by Crippen LogP contribution is 2.18. The first-order valence-electron chi connectivity index (χ1n) is 6.94. The number of hydrogen-bond acceptors (Lipinski definition) is 7. The second-order valence-electron chi connectivity index (χ2n) is 5.25. The lowest BCUT2D eigenvalue weighted by molar-refractivity contribution is 0.181. The molecule has 0 saturated carbocycles. The van der Waals surface area contributed by atoms with Gasteiger partial charge >= 0.3 is 0 Å². The molecule has 2 aromatic heterocycles. The summed E-state index contributed by atoms with van der Waals surface area (Å²) < 4.78 is 28.4. The van der Waals surface area contributed by atoms with Gasteiger partial charge in [-0.2, -0.15) is 4.31 Å². The Labute approximate surface area is 133 Å². The number of rotatable bonds is 4.